The van der Waals surface area contributed by atoms with Crippen LogP contribution in [0.25, 0.3) is 0 Å². The minimum absolute atomic E-state index is 0.0324. The normalized spacial score (nSPS) is 15.0. The number of aliphatic hydroxyl groups is 1. The van der Waals surface area contributed by atoms with Gasteiger partial charge in [0.2, 0.25) is 0 Å². The van der Waals surface area contributed by atoms with Crippen molar-refractivity contribution in [3.8, 4) is 0 Å². The van der Waals surface area contributed by atoms with E-state index in [1.807, 2.05) is 13.8 Å². The Kier molecular flexibility index (Phi) is 5.46. The highest BCUT2D eigenvalue weighted by atomic mass is 16.5. The quantitative estimate of drug-likeness (QED) is 0.661. The lowest BCUT2D eigenvalue weighted by Gasteiger charge is -2.29. The first-order chi connectivity index (χ1) is 6.10. The average molecular weight is 189 g/mol. The second-order valence-electron chi connectivity index (χ2n) is 3.37. The number of carbonyl (C=O) groups excluding carboxylic acids is 1. The molecular formula is C9H19NO3. The second kappa shape index (κ2) is 5.80. The summed E-state index contributed by atoms with van der Waals surface area (Å²) in [4.78, 5) is 10.4. The van der Waals surface area contributed by atoms with Crippen molar-refractivity contribution in [3.05, 3.63) is 0 Å². The van der Waals surface area contributed by atoms with Crippen LogP contribution in [0.1, 0.15) is 33.1 Å². The molecule has 0 aliphatic carbocycles. The van der Waals surface area contributed by atoms with Crippen molar-refractivity contribution in [2.24, 2.45) is 11.1 Å². The third-order valence-corrected chi connectivity index (χ3v) is 2.39. The van der Waals surface area contributed by atoms with Crippen molar-refractivity contribution in [2.75, 3.05) is 13.2 Å². The minimum Gasteiger partial charge on any atom is -0.449 e. The predicted molar refractivity (Wildman–Crippen MR) is 50.3 cm³/mol. The summed E-state index contributed by atoms with van der Waals surface area (Å²) in [5, 5.41) is 9.19. The molecule has 1 atom stereocenters. The van der Waals surface area contributed by atoms with Gasteiger partial charge in [0.25, 0.3) is 0 Å². The molecule has 0 bridgehead atoms. The molecule has 0 spiro atoms. The number of primary amides is 1. The molecule has 0 aromatic rings. The maximum Gasteiger partial charge on any atom is 0.404 e. The van der Waals surface area contributed by atoms with Crippen LogP contribution in [-0.2, 0) is 4.74 Å². The Morgan fingerprint density at radius 2 is 2.15 bits per heavy atom. The van der Waals surface area contributed by atoms with Crippen LogP contribution in [0.4, 0.5) is 4.79 Å². The fourth-order valence-corrected chi connectivity index (χ4v) is 1.34. The Bertz CT molecular complexity index is 155. The van der Waals surface area contributed by atoms with Crippen molar-refractivity contribution >= 4 is 6.09 Å². The lowest BCUT2D eigenvalue weighted by molar-refractivity contribution is 0.0313. The fourth-order valence-electron chi connectivity index (χ4n) is 1.34. The number of hydrogen-bond donors (Lipinski definition) is 2. The number of carbonyl (C=O) groups is 1. The highest BCUT2D eigenvalue weighted by Gasteiger charge is 2.27. The summed E-state index contributed by atoms with van der Waals surface area (Å²) in [7, 11) is 0. The Hall–Kier alpha value is -0.770. The standard InChI is InChI=1S/C9H19NO3/c1-3-5-9(4-2,6-11)7-13-8(10)12/h11H,3-7H2,1-2H3,(H2,10,12). The molecule has 0 rings (SSSR count). The summed E-state index contributed by atoms with van der Waals surface area (Å²) < 4.78 is 4.72. The van der Waals surface area contributed by atoms with E-state index in [0.29, 0.717) is 0 Å². The molecule has 0 radical (unpaired) electrons. The third kappa shape index (κ3) is 4.12. The van der Waals surface area contributed by atoms with E-state index < -0.39 is 6.09 Å². The van der Waals surface area contributed by atoms with E-state index in [4.69, 9.17) is 10.5 Å². The molecule has 13 heavy (non-hydrogen) atoms. The van der Waals surface area contributed by atoms with E-state index >= 15 is 0 Å². The molecule has 4 nitrogen and oxygen atoms in total. The highest BCUT2D eigenvalue weighted by Crippen LogP contribution is 2.27. The predicted octanol–water partition coefficient (Wildman–Crippen LogP) is 1.27. The molecule has 0 heterocycles. The van der Waals surface area contributed by atoms with Gasteiger partial charge in [-0.25, -0.2) is 4.79 Å². The van der Waals surface area contributed by atoms with Crippen molar-refractivity contribution < 1.29 is 14.6 Å². The first-order valence-corrected chi connectivity index (χ1v) is 4.63. The van der Waals surface area contributed by atoms with E-state index in [2.05, 4.69) is 0 Å². The molecule has 0 fully saturated rings. The van der Waals surface area contributed by atoms with Crippen molar-refractivity contribution in [3.63, 3.8) is 0 Å². The van der Waals surface area contributed by atoms with Gasteiger partial charge in [-0.1, -0.05) is 20.3 Å². The Morgan fingerprint density at radius 3 is 2.46 bits per heavy atom. The molecule has 1 unspecified atom stereocenters. The van der Waals surface area contributed by atoms with Gasteiger partial charge in [0.05, 0.1) is 6.61 Å². The number of aliphatic hydroxyl groups excluding tert-OH is 1. The van der Waals surface area contributed by atoms with Gasteiger partial charge in [0, 0.05) is 5.41 Å². The van der Waals surface area contributed by atoms with Crippen molar-refractivity contribution in [1.82, 2.24) is 0 Å². The summed E-state index contributed by atoms with van der Waals surface area (Å²) in [6.07, 6.45) is 1.80. The van der Waals surface area contributed by atoms with Gasteiger partial charge in [0.15, 0.2) is 0 Å². The Labute approximate surface area is 79.1 Å². The van der Waals surface area contributed by atoms with Gasteiger partial charge in [-0.2, -0.15) is 0 Å². The third-order valence-electron chi connectivity index (χ3n) is 2.39. The summed E-state index contributed by atoms with van der Waals surface area (Å²) in [6, 6.07) is 0. The van der Waals surface area contributed by atoms with Crippen LogP contribution in [-0.4, -0.2) is 24.4 Å². The zero-order valence-electron chi connectivity index (χ0n) is 8.38. The van der Waals surface area contributed by atoms with Gasteiger partial charge < -0.3 is 15.6 Å². The molecule has 0 saturated heterocycles. The smallest absolute Gasteiger partial charge is 0.404 e. The van der Waals surface area contributed by atoms with Gasteiger partial charge >= 0.3 is 6.09 Å². The highest BCUT2D eigenvalue weighted by molar-refractivity contribution is 5.64. The summed E-state index contributed by atoms with van der Waals surface area (Å²) in [5.74, 6) is 0. The average Bonchev–Trinajstić information content (AvgIpc) is 2.12. The fraction of sp³-hybridized carbons (Fsp3) is 0.889. The zero-order valence-corrected chi connectivity index (χ0v) is 8.38. The van der Waals surface area contributed by atoms with E-state index in [1.54, 1.807) is 0 Å². The molecule has 0 saturated carbocycles. The van der Waals surface area contributed by atoms with Crippen LogP contribution >= 0.6 is 0 Å². The number of ether oxygens (including phenoxy) is 1. The monoisotopic (exact) mass is 189 g/mol. The Balaban J connectivity index is 4.12. The molecule has 0 aromatic heterocycles. The molecule has 0 aliphatic rings. The van der Waals surface area contributed by atoms with E-state index in [-0.39, 0.29) is 18.6 Å². The number of nitrogens with two attached hydrogens (primary N) is 1. The topological polar surface area (TPSA) is 72.6 Å². The van der Waals surface area contributed by atoms with Crippen LogP contribution in [0.5, 0.6) is 0 Å². The van der Waals surface area contributed by atoms with Gasteiger partial charge in [0.1, 0.15) is 6.61 Å². The molecule has 3 N–H and O–H groups in total. The number of hydrogen-bond acceptors (Lipinski definition) is 3. The van der Waals surface area contributed by atoms with Crippen molar-refractivity contribution in [1.29, 1.82) is 0 Å². The molecule has 0 aliphatic heterocycles. The summed E-state index contributed by atoms with van der Waals surface area (Å²) >= 11 is 0. The van der Waals surface area contributed by atoms with Gasteiger partial charge in [-0.05, 0) is 12.8 Å². The minimum atomic E-state index is -0.776. The zero-order chi connectivity index (χ0) is 10.3. The summed E-state index contributed by atoms with van der Waals surface area (Å²) in [5.41, 5.74) is 4.56. The van der Waals surface area contributed by atoms with Crippen LogP contribution in [0, 0.1) is 5.41 Å². The summed E-state index contributed by atoms with van der Waals surface area (Å²) in [6.45, 7) is 4.24. The van der Waals surface area contributed by atoms with Crippen LogP contribution in [0.3, 0.4) is 0 Å². The lowest BCUT2D eigenvalue weighted by Crippen LogP contribution is -2.32. The number of amides is 1. The maximum atomic E-state index is 10.4. The molecule has 1 amide bonds. The largest absolute Gasteiger partial charge is 0.449 e. The first-order valence-electron chi connectivity index (χ1n) is 4.63. The second-order valence-corrected chi connectivity index (χ2v) is 3.37. The van der Waals surface area contributed by atoms with E-state index in [1.165, 1.54) is 0 Å². The van der Waals surface area contributed by atoms with Gasteiger partial charge in [-0.3, -0.25) is 0 Å². The van der Waals surface area contributed by atoms with Crippen LogP contribution < -0.4 is 5.73 Å². The molecule has 0 aromatic carbocycles. The lowest BCUT2D eigenvalue weighted by atomic mass is 9.82. The van der Waals surface area contributed by atoms with Gasteiger partial charge in [-0.15, -0.1) is 0 Å². The first kappa shape index (κ1) is 12.2. The van der Waals surface area contributed by atoms with E-state index in [0.717, 1.165) is 19.3 Å². The van der Waals surface area contributed by atoms with E-state index in [9.17, 15) is 9.90 Å². The molecule has 78 valence electrons. The molecular weight excluding hydrogens is 170 g/mol. The van der Waals surface area contributed by atoms with Crippen LogP contribution in [0.15, 0.2) is 0 Å². The maximum absolute atomic E-state index is 10.4. The molecule has 4 heteroatoms. The van der Waals surface area contributed by atoms with Crippen LogP contribution in [0.2, 0.25) is 0 Å². The number of rotatable bonds is 6. The Morgan fingerprint density at radius 1 is 1.54 bits per heavy atom. The SMILES string of the molecule is CCCC(CC)(CO)COC(N)=O. The van der Waals surface area contributed by atoms with Crippen molar-refractivity contribution in [2.45, 2.75) is 33.1 Å².